The molecular weight excluding hydrogens is 557 g/mol. The molecule has 0 aliphatic rings. The fourth-order valence-electron chi connectivity index (χ4n) is 4.04. The van der Waals surface area contributed by atoms with Crippen LogP contribution in [0.15, 0.2) is 65.6 Å². The maximum absolute atomic E-state index is 15.0. The van der Waals surface area contributed by atoms with Crippen LogP contribution in [0.5, 0.6) is 0 Å². The summed E-state index contributed by atoms with van der Waals surface area (Å²) in [6, 6.07) is 10.2. The van der Waals surface area contributed by atoms with Crippen molar-refractivity contribution in [3.05, 3.63) is 94.3 Å². The summed E-state index contributed by atoms with van der Waals surface area (Å²) in [6.45, 7) is 1.56. The lowest BCUT2D eigenvalue weighted by Gasteiger charge is -2.32. The summed E-state index contributed by atoms with van der Waals surface area (Å²) in [5, 5.41) is 2.92. The predicted octanol–water partition coefficient (Wildman–Crippen LogP) is 5.38. The third kappa shape index (κ3) is 7.51. The van der Waals surface area contributed by atoms with Gasteiger partial charge in [-0.25, -0.2) is 21.6 Å². The molecular formula is C27H28ClF3N2O5S. The Morgan fingerprint density at radius 1 is 0.974 bits per heavy atom. The number of halogens is 4. The van der Waals surface area contributed by atoms with Crippen LogP contribution >= 0.6 is 11.6 Å². The number of ether oxygens (including phenoxy) is 2. The number of nitrogens with zero attached hydrogens (tertiary/aromatic N) is 1. The summed E-state index contributed by atoms with van der Waals surface area (Å²) >= 11 is 5.91. The number of anilines is 1. The minimum atomic E-state index is -4.47. The first-order valence-corrected chi connectivity index (χ1v) is 13.7. The lowest BCUT2D eigenvalue weighted by Crippen LogP contribution is -2.35. The van der Waals surface area contributed by atoms with Crippen molar-refractivity contribution >= 4 is 33.2 Å². The van der Waals surface area contributed by atoms with Gasteiger partial charge in [0.05, 0.1) is 23.2 Å². The van der Waals surface area contributed by atoms with Gasteiger partial charge in [-0.2, -0.15) is 0 Å². The molecule has 0 aliphatic carbocycles. The average Bonchev–Trinajstić information content (AvgIpc) is 2.90. The van der Waals surface area contributed by atoms with Crippen molar-refractivity contribution in [3.8, 4) is 0 Å². The van der Waals surface area contributed by atoms with Gasteiger partial charge in [0, 0.05) is 31.7 Å². The van der Waals surface area contributed by atoms with Crippen LogP contribution in [-0.2, 0) is 30.7 Å². The highest BCUT2D eigenvalue weighted by molar-refractivity contribution is 7.92. The van der Waals surface area contributed by atoms with Gasteiger partial charge in [-0.3, -0.25) is 9.10 Å². The van der Waals surface area contributed by atoms with Gasteiger partial charge in [0.25, 0.3) is 10.0 Å². The summed E-state index contributed by atoms with van der Waals surface area (Å²) in [7, 11) is -1.63. The van der Waals surface area contributed by atoms with E-state index in [9.17, 15) is 22.0 Å². The van der Waals surface area contributed by atoms with Crippen molar-refractivity contribution < 1.29 is 35.9 Å². The molecule has 0 spiro atoms. The van der Waals surface area contributed by atoms with Gasteiger partial charge in [-0.15, -0.1) is 0 Å². The Morgan fingerprint density at radius 3 is 2.23 bits per heavy atom. The number of hydrogen-bond acceptors (Lipinski definition) is 5. The van der Waals surface area contributed by atoms with Crippen molar-refractivity contribution in [2.75, 3.05) is 25.1 Å². The smallest absolute Gasteiger partial charge is 0.264 e. The molecule has 0 saturated heterocycles. The van der Waals surface area contributed by atoms with E-state index in [1.165, 1.54) is 57.5 Å². The number of hydrogen-bond donors (Lipinski definition) is 1. The van der Waals surface area contributed by atoms with Crippen LogP contribution in [-0.4, -0.2) is 41.4 Å². The number of carbonyl (C=O) groups is 1. The Labute approximate surface area is 230 Å². The van der Waals surface area contributed by atoms with E-state index in [0.717, 1.165) is 28.6 Å². The Balaban J connectivity index is 2.02. The zero-order chi connectivity index (χ0) is 28.7. The van der Waals surface area contributed by atoms with E-state index in [1.54, 1.807) is 0 Å². The van der Waals surface area contributed by atoms with Crippen LogP contribution in [0.25, 0.3) is 0 Å². The molecule has 3 rings (SSSR count). The molecule has 0 bridgehead atoms. The maximum atomic E-state index is 15.0. The number of carbonyl (C=O) groups excluding carboxylic acids is 1. The summed E-state index contributed by atoms with van der Waals surface area (Å²) in [5.41, 5.74) is 0.0912. The number of benzene rings is 3. The Bertz CT molecular complexity index is 1400. The van der Waals surface area contributed by atoms with Crippen molar-refractivity contribution in [2.24, 2.45) is 0 Å². The number of rotatable bonds is 12. The highest BCUT2D eigenvalue weighted by atomic mass is 35.5. The standard InChI is InChI=1S/C27H28ClF3N2O5S/c1-17(23-11-7-20(29)14-18(23)4-13-26(34)32-16-27(37-2)38-3)33(25-15-21(30)8-12-24(25)31)39(35,36)22-9-5-19(28)6-10-22/h5-12,14-15,17,27H,4,13,16H2,1-3H3,(H,32,34)/t17-/m1/s1. The second-order valence-corrected chi connectivity index (χ2v) is 10.8. The minimum absolute atomic E-state index is 0.0361. The summed E-state index contributed by atoms with van der Waals surface area (Å²) in [5.74, 6) is -2.81. The number of nitrogens with one attached hydrogen (secondary N) is 1. The number of aryl methyl sites for hydroxylation is 1. The third-order valence-electron chi connectivity index (χ3n) is 6.04. The summed E-state index contributed by atoms with van der Waals surface area (Å²) < 4.78 is 81.9. The quantitative estimate of drug-likeness (QED) is 0.289. The fourth-order valence-corrected chi connectivity index (χ4v) is 5.80. The largest absolute Gasteiger partial charge is 0.354 e. The van der Waals surface area contributed by atoms with Crippen LogP contribution < -0.4 is 9.62 Å². The van der Waals surface area contributed by atoms with Gasteiger partial charge < -0.3 is 14.8 Å². The van der Waals surface area contributed by atoms with Gasteiger partial charge in [0.1, 0.15) is 17.5 Å². The van der Waals surface area contributed by atoms with Gasteiger partial charge >= 0.3 is 0 Å². The van der Waals surface area contributed by atoms with E-state index in [1.807, 2.05) is 0 Å². The van der Waals surface area contributed by atoms with Crippen LogP contribution in [0.3, 0.4) is 0 Å². The summed E-state index contributed by atoms with van der Waals surface area (Å²) in [6.07, 6.45) is -0.679. The van der Waals surface area contributed by atoms with Gasteiger partial charge in [0.2, 0.25) is 5.91 Å². The molecule has 0 saturated carbocycles. The van der Waals surface area contributed by atoms with Crippen LogP contribution in [0, 0.1) is 17.5 Å². The lowest BCUT2D eigenvalue weighted by molar-refractivity contribution is -0.127. The Morgan fingerprint density at radius 2 is 1.59 bits per heavy atom. The van der Waals surface area contributed by atoms with E-state index in [0.29, 0.717) is 11.1 Å². The monoisotopic (exact) mass is 584 g/mol. The molecule has 0 radical (unpaired) electrons. The first-order chi connectivity index (χ1) is 18.5. The first-order valence-electron chi connectivity index (χ1n) is 11.8. The van der Waals surface area contributed by atoms with Gasteiger partial charge in [0.15, 0.2) is 6.29 Å². The zero-order valence-corrected chi connectivity index (χ0v) is 23.0. The molecule has 7 nitrogen and oxygen atoms in total. The minimum Gasteiger partial charge on any atom is -0.354 e. The van der Waals surface area contributed by atoms with E-state index in [-0.39, 0.29) is 35.2 Å². The number of methoxy groups -OCH3 is 2. The molecule has 0 unspecified atom stereocenters. The van der Waals surface area contributed by atoms with Crippen molar-refractivity contribution in [3.63, 3.8) is 0 Å². The molecule has 0 aromatic heterocycles. The number of amides is 1. The second-order valence-electron chi connectivity index (χ2n) is 8.57. The van der Waals surface area contributed by atoms with Crippen LogP contribution in [0.2, 0.25) is 5.02 Å². The normalized spacial score (nSPS) is 12.4. The molecule has 3 aromatic carbocycles. The first kappa shape index (κ1) is 30.4. The molecule has 1 atom stereocenters. The van der Waals surface area contributed by atoms with Crippen molar-refractivity contribution in [1.82, 2.24) is 5.32 Å². The van der Waals surface area contributed by atoms with E-state index in [2.05, 4.69) is 5.32 Å². The second kappa shape index (κ2) is 13.3. The third-order valence-corrected chi connectivity index (χ3v) is 8.19. The van der Waals surface area contributed by atoms with Crippen molar-refractivity contribution in [2.45, 2.75) is 37.0 Å². The number of sulfonamides is 1. The Kier molecular flexibility index (Phi) is 10.4. The predicted molar refractivity (Wildman–Crippen MR) is 141 cm³/mol. The fraction of sp³-hybridized carbons (Fsp3) is 0.296. The highest BCUT2D eigenvalue weighted by Gasteiger charge is 2.33. The van der Waals surface area contributed by atoms with E-state index >= 15 is 4.39 Å². The average molecular weight is 585 g/mol. The van der Waals surface area contributed by atoms with E-state index < -0.39 is 45.5 Å². The maximum Gasteiger partial charge on any atom is 0.264 e. The molecule has 0 heterocycles. The van der Waals surface area contributed by atoms with Crippen molar-refractivity contribution in [1.29, 1.82) is 0 Å². The highest BCUT2D eigenvalue weighted by Crippen LogP contribution is 2.37. The SMILES string of the molecule is COC(CNC(=O)CCc1cc(F)ccc1[C@@H](C)N(c1cc(F)ccc1F)S(=O)(=O)c1ccc(Cl)cc1)OC. The summed E-state index contributed by atoms with van der Waals surface area (Å²) in [4.78, 5) is 12.2. The molecule has 3 aromatic rings. The van der Waals surface area contributed by atoms with Gasteiger partial charge in [-0.05, 0) is 73.0 Å². The molecule has 1 amide bonds. The van der Waals surface area contributed by atoms with Gasteiger partial charge in [-0.1, -0.05) is 17.7 Å². The lowest BCUT2D eigenvalue weighted by atomic mass is 9.97. The topological polar surface area (TPSA) is 84.9 Å². The van der Waals surface area contributed by atoms with E-state index in [4.69, 9.17) is 21.1 Å². The molecule has 210 valence electrons. The molecule has 12 heteroatoms. The Hall–Kier alpha value is -3.12. The van der Waals surface area contributed by atoms with Crippen LogP contribution in [0.1, 0.15) is 30.5 Å². The molecule has 39 heavy (non-hydrogen) atoms. The molecule has 0 aliphatic heterocycles. The molecule has 1 N–H and O–H groups in total. The van der Waals surface area contributed by atoms with Crippen LogP contribution in [0.4, 0.5) is 18.9 Å². The zero-order valence-electron chi connectivity index (χ0n) is 21.5. The molecule has 0 fully saturated rings.